The largest absolute Gasteiger partial charge is 0.494 e. The lowest BCUT2D eigenvalue weighted by atomic mass is 10.0. The van der Waals surface area contributed by atoms with Crippen molar-refractivity contribution in [3.8, 4) is 39.9 Å². The summed E-state index contributed by atoms with van der Waals surface area (Å²) in [5.41, 5.74) is 9.71. The molecule has 220 valence electrons. The number of hydrogen-bond acceptors (Lipinski definition) is 10. The highest BCUT2D eigenvalue weighted by atomic mass is 16.5. The summed E-state index contributed by atoms with van der Waals surface area (Å²) in [6.07, 6.45) is 4.23. The second kappa shape index (κ2) is 13.1. The van der Waals surface area contributed by atoms with E-state index in [9.17, 15) is 0 Å². The van der Waals surface area contributed by atoms with E-state index in [2.05, 4.69) is 55.5 Å². The third-order valence-electron chi connectivity index (χ3n) is 6.87. The van der Waals surface area contributed by atoms with Crippen molar-refractivity contribution in [1.82, 2.24) is 30.0 Å². The maximum Gasteiger partial charge on any atom is 0.228 e. The van der Waals surface area contributed by atoms with Gasteiger partial charge in [0.1, 0.15) is 17.2 Å². The van der Waals surface area contributed by atoms with Gasteiger partial charge in [0.15, 0.2) is 5.82 Å². The van der Waals surface area contributed by atoms with E-state index in [1.807, 2.05) is 78.9 Å². The number of benzene rings is 3. The van der Waals surface area contributed by atoms with E-state index in [1.54, 1.807) is 18.5 Å². The highest BCUT2D eigenvalue weighted by Gasteiger charge is 2.13. The number of nitrogens with zero attached hydrogens (tertiary/aromatic N) is 6. The first-order valence-electron chi connectivity index (χ1n) is 14.3. The topological polar surface area (TPSA) is 124 Å². The summed E-state index contributed by atoms with van der Waals surface area (Å²) in [6.45, 7) is 1.63. The number of anilines is 3. The molecule has 0 aliphatic carbocycles. The van der Waals surface area contributed by atoms with Crippen LogP contribution in [0.1, 0.15) is 6.42 Å². The molecule has 0 aliphatic rings. The molecule has 0 fully saturated rings. The fraction of sp³-hybridized carbons (Fsp3) is 0.147. The molecular formula is C34H32N8O2. The molecule has 0 saturated carbocycles. The van der Waals surface area contributed by atoms with Crippen molar-refractivity contribution < 1.29 is 9.47 Å². The molecule has 6 rings (SSSR count). The number of nitrogens with two attached hydrogens (primary N) is 1. The predicted molar refractivity (Wildman–Crippen MR) is 173 cm³/mol. The summed E-state index contributed by atoms with van der Waals surface area (Å²) >= 11 is 0. The number of rotatable bonds is 11. The van der Waals surface area contributed by atoms with Crippen molar-refractivity contribution in [3.05, 3.63) is 103 Å². The van der Waals surface area contributed by atoms with E-state index in [-0.39, 0.29) is 5.95 Å². The summed E-state index contributed by atoms with van der Waals surface area (Å²) in [6, 6.07) is 29.1. The van der Waals surface area contributed by atoms with Crippen molar-refractivity contribution in [3.63, 3.8) is 0 Å². The molecule has 6 aromatic rings. The molecule has 0 atom stereocenters. The number of nitrogens with one attached hydrogen (secondary N) is 1. The van der Waals surface area contributed by atoms with E-state index < -0.39 is 0 Å². The Morgan fingerprint density at radius 3 is 2.45 bits per heavy atom. The van der Waals surface area contributed by atoms with E-state index >= 15 is 0 Å². The van der Waals surface area contributed by atoms with Crippen LogP contribution < -0.4 is 20.5 Å². The van der Waals surface area contributed by atoms with Gasteiger partial charge >= 0.3 is 0 Å². The number of ether oxygens (including phenoxy) is 2. The Bertz CT molecular complexity index is 1880. The normalized spacial score (nSPS) is 11.1. The highest BCUT2D eigenvalue weighted by Crippen LogP contribution is 2.34. The maximum atomic E-state index is 6.11. The molecule has 3 aromatic carbocycles. The molecule has 44 heavy (non-hydrogen) atoms. The Balaban J connectivity index is 1.20. The van der Waals surface area contributed by atoms with Crippen molar-refractivity contribution >= 4 is 28.2 Å². The number of aromatic nitrogens is 5. The highest BCUT2D eigenvalue weighted by molar-refractivity contribution is 6.00. The zero-order valence-electron chi connectivity index (χ0n) is 24.5. The molecule has 0 bridgehead atoms. The minimum Gasteiger partial charge on any atom is -0.494 e. The molecule has 0 amide bonds. The zero-order valence-corrected chi connectivity index (χ0v) is 24.5. The van der Waals surface area contributed by atoms with Gasteiger partial charge in [0.05, 0.1) is 17.9 Å². The van der Waals surface area contributed by atoms with E-state index in [1.165, 1.54) is 0 Å². The van der Waals surface area contributed by atoms with Gasteiger partial charge in [-0.15, -0.1) is 10.2 Å². The first kappa shape index (κ1) is 28.5. The molecule has 0 saturated heterocycles. The van der Waals surface area contributed by atoms with Crippen LogP contribution in [-0.2, 0) is 0 Å². The lowest BCUT2D eigenvalue weighted by Crippen LogP contribution is -2.15. The zero-order chi connectivity index (χ0) is 30.3. The van der Waals surface area contributed by atoms with Crippen LogP contribution in [0.25, 0.3) is 33.3 Å². The van der Waals surface area contributed by atoms with Crippen LogP contribution in [0.2, 0.25) is 0 Å². The quantitative estimate of drug-likeness (QED) is 0.161. The summed E-state index contributed by atoms with van der Waals surface area (Å²) in [4.78, 5) is 14.8. The molecular weight excluding hydrogens is 552 g/mol. The predicted octanol–water partition coefficient (Wildman–Crippen LogP) is 6.60. The maximum absolute atomic E-state index is 6.11. The standard InChI is InChI=1S/C34H32N8O2/c1-42(2)20-7-21-43-26-9-5-8-23(22-26)31-27-10-3-4-11-28(27)32(41-40-31)38-24-13-15-25(16-14-24)44-33-29(12-6-18-36-33)30-17-19-37-34(35)39-30/h3-6,8-19,22H,7,20-21H2,1-2H3,(H,38,41)(H2,35,37,39). The van der Waals surface area contributed by atoms with Crippen LogP contribution in [0.3, 0.4) is 0 Å². The van der Waals surface area contributed by atoms with Gasteiger partial charge in [-0.1, -0.05) is 36.4 Å². The third kappa shape index (κ3) is 6.71. The second-order valence-corrected chi connectivity index (χ2v) is 10.4. The van der Waals surface area contributed by atoms with Gasteiger partial charge in [-0.05, 0) is 75.1 Å². The van der Waals surface area contributed by atoms with Gasteiger partial charge in [-0.25, -0.2) is 15.0 Å². The van der Waals surface area contributed by atoms with Crippen molar-refractivity contribution in [2.24, 2.45) is 0 Å². The smallest absolute Gasteiger partial charge is 0.228 e. The minimum absolute atomic E-state index is 0.185. The monoisotopic (exact) mass is 584 g/mol. The van der Waals surface area contributed by atoms with Gasteiger partial charge in [0, 0.05) is 41.0 Å². The summed E-state index contributed by atoms with van der Waals surface area (Å²) < 4.78 is 12.1. The van der Waals surface area contributed by atoms with Crippen LogP contribution in [0, 0.1) is 0 Å². The molecule has 10 nitrogen and oxygen atoms in total. The van der Waals surface area contributed by atoms with Crippen molar-refractivity contribution in [1.29, 1.82) is 0 Å². The molecule has 10 heteroatoms. The average Bonchev–Trinajstić information content (AvgIpc) is 3.04. The van der Waals surface area contributed by atoms with Gasteiger partial charge in [0.2, 0.25) is 11.8 Å². The SMILES string of the molecule is CN(C)CCCOc1cccc(-c2nnc(Nc3ccc(Oc4ncccc4-c4ccnc(N)n4)cc3)c3ccccc23)c1. The van der Waals surface area contributed by atoms with Crippen LogP contribution >= 0.6 is 0 Å². The second-order valence-electron chi connectivity index (χ2n) is 10.4. The summed E-state index contributed by atoms with van der Waals surface area (Å²) in [5, 5.41) is 14.6. The van der Waals surface area contributed by atoms with E-state index in [0.717, 1.165) is 46.4 Å². The Hall–Kier alpha value is -5.61. The average molecular weight is 585 g/mol. The minimum atomic E-state index is 0.185. The molecule has 0 aliphatic heterocycles. The van der Waals surface area contributed by atoms with Gasteiger partial charge < -0.3 is 25.4 Å². The fourth-order valence-electron chi connectivity index (χ4n) is 4.76. The lowest BCUT2D eigenvalue weighted by Gasteiger charge is -2.13. The van der Waals surface area contributed by atoms with Crippen molar-refractivity contribution in [2.45, 2.75) is 6.42 Å². The number of hydrogen-bond donors (Lipinski definition) is 2. The van der Waals surface area contributed by atoms with Gasteiger partial charge in [0.25, 0.3) is 0 Å². The van der Waals surface area contributed by atoms with Crippen molar-refractivity contribution in [2.75, 3.05) is 38.3 Å². The molecule has 3 heterocycles. The Morgan fingerprint density at radius 1 is 0.795 bits per heavy atom. The van der Waals surface area contributed by atoms with E-state index in [4.69, 9.17) is 15.2 Å². The first-order chi connectivity index (χ1) is 21.5. The van der Waals surface area contributed by atoms with Gasteiger partial charge in [-0.2, -0.15) is 0 Å². The van der Waals surface area contributed by atoms with Gasteiger partial charge in [-0.3, -0.25) is 0 Å². The van der Waals surface area contributed by atoms with Crippen LogP contribution in [0.5, 0.6) is 17.4 Å². The number of pyridine rings is 1. The van der Waals surface area contributed by atoms with Crippen LogP contribution in [0.15, 0.2) is 103 Å². The fourth-order valence-corrected chi connectivity index (χ4v) is 4.76. The number of nitrogen functional groups attached to an aromatic ring is 1. The van der Waals surface area contributed by atoms with E-state index in [0.29, 0.717) is 35.3 Å². The van der Waals surface area contributed by atoms with Crippen LogP contribution in [0.4, 0.5) is 17.5 Å². The molecule has 0 unspecified atom stereocenters. The Morgan fingerprint density at radius 2 is 1.64 bits per heavy atom. The number of fused-ring (bicyclic) bond motifs is 1. The molecule has 3 aromatic heterocycles. The van der Waals surface area contributed by atoms with Crippen LogP contribution in [-0.4, -0.2) is 57.3 Å². The Labute approximate surface area is 255 Å². The lowest BCUT2D eigenvalue weighted by molar-refractivity contribution is 0.281. The summed E-state index contributed by atoms with van der Waals surface area (Å²) in [5.74, 6) is 2.69. The summed E-state index contributed by atoms with van der Waals surface area (Å²) in [7, 11) is 4.12. The first-order valence-corrected chi connectivity index (χ1v) is 14.3. The molecule has 0 spiro atoms. The molecule has 3 N–H and O–H groups in total. The third-order valence-corrected chi connectivity index (χ3v) is 6.87. The Kier molecular flexibility index (Phi) is 8.51. The molecule has 0 radical (unpaired) electrons.